The fourth-order valence-corrected chi connectivity index (χ4v) is 1.83. The highest BCUT2D eigenvalue weighted by Crippen LogP contribution is 2.29. The first-order valence-corrected chi connectivity index (χ1v) is 6.48. The van der Waals surface area contributed by atoms with Crippen molar-refractivity contribution in [3.05, 3.63) is 53.6 Å². The van der Waals surface area contributed by atoms with Gasteiger partial charge in [-0.25, -0.2) is 0 Å². The third-order valence-corrected chi connectivity index (χ3v) is 2.91. The molecule has 2 aromatic carbocycles. The zero-order chi connectivity index (χ0) is 16.8. The van der Waals surface area contributed by atoms with E-state index in [0.29, 0.717) is 11.3 Å². The lowest BCUT2D eigenvalue weighted by atomic mass is 10.1. The van der Waals surface area contributed by atoms with Crippen LogP contribution in [0, 0.1) is 11.3 Å². The predicted octanol–water partition coefficient (Wildman–Crippen LogP) is 3.42. The zero-order valence-corrected chi connectivity index (χ0v) is 12.0. The monoisotopic (exact) mass is 318 g/mol. The van der Waals surface area contributed by atoms with Crippen molar-refractivity contribution in [2.75, 3.05) is 12.4 Å². The second kappa shape index (κ2) is 7.22. The first-order chi connectivity index (χ1) is 11.0. The Hall–Kier alpha value is -3.14. The van der Waals surface area contributed by atoms with Gasteiger partial charge in [-0.15, -0.1) is 0 Å². The van der Waals surface area contributed by atoms with E-state index in [1.807, 2.05) is 6.07 Å². The Balaban J connectivity index is 2.17. The number of hydrogen-bond donors (Lipinski definition) is 1. The van der Waals surface area contributed by atoms with Crippen molar-refractivity contribution in [1.82, 2.24) is 0 Å². The van der Waals surface area contributed by atoms with Crippen molar-refractivity contribution in [2.45, 2.75) is 6.61 Å². The summed E-state index contributed by atoms with van der Waals surface area (Å²) in [5.74, 6) is -0.577. The molecule has 0 bridgehead atoms. The molecule has 0 aliphatic rings. The number of carbonyl (C=O) groups excluding carboxylic acids is 1. The van der Waals surface area contributed by atoms with Gasteiger partial charge < -0.3 is 14.8 Å². The summed E-state index contributed by atoms with van der Waals surface area (Å²) in [5.41, 5.74) is 1.19. The van der Waals surface area contributed by atoms with E-state index in [9.17, 15) is 13.6 Å². The van der Waals surface area contributed by atoms with Crippen LogP contribution in [0.25, 0.3) is 0 Å². The highest BCUT2D eigenvalue weighted by molar-refractivity contribution is 6.04. The Morgan fingerprint density at radius 1 is 1.17 bits per heavy atom. The fourth-order valence-electron chi connectivity index (χ4n) is 1.83. The van der Waals surface area contributed by atoms with E-state index in [1.54, 1.807) is 24.3 Å². The Kier molecular flexibility index (Phi) is 5.10. The summed E-state index contributed by atoms with van der Waals surface area (Å²) in [6, 6.07) is 12.2. The third kappa shape index (κ3) is 4.17. The molecule has 1 N–H and O–H groups in total. The molecule has 0 aromatic heterocycles. The van der Waals surface area contributed by atoms with E-state index < -0.39 is 12.5 Å². The second-order valence-corrected chi connectivity index (χ2v) is 4.39. The molecular weight excluding hydrogens is 306 g/mol. The van der Waals surface area contributed by atoms with Gasteiger partial charge >= 0.3 is 6.61 Å². The molecule has 0 atom stereocenters. The van der Waals surface area contributed by atoms with Crippen molar-refractivity contribution in [3.8, 4) is 17.6 Å². The number of halogens is 2. The lowest BCUT2D eigenvalue weighted by Crippen LogP contribution is -2.12. The van der Waals surface area contributed by atoms with E-state index in [-0.39, 0.29) is 17.1 Å². The summed E-state index contributed by atoms with van der Waals surface area (Å²) < 4.78 is 33.8. The number of nitriles is 1. The van der Waals surface area contributed by atoms with E-state index in [1.165, 1.54) is 25.3 Å². The van der Waals surface area contributed by atoms with Crippen molar-refractivity contribution < 1.29 is 23.0 Å². The molecule has 0 saturated carbocycles. The Morgan fingerprint density at radius 3 is 2.43 bits per heavy atom. The summed E-state index contributed by atoms with van der Waals surface area (Å²) in [7, 11) is 1.29. The molecule has 2 rings (SSSR count). The average Bonchev–Trinajstić information content (AvgIpc) is 2.55. The Bertz CT molecular complexity index is 740. The number of nitrogens with zero attached hydrogens (tertiary/aromatic N) is 1. The van der Waals surface area contributed by atoms with Crippen LogP contribution in [0.15, 0.2) is 42.5 Å². The standard InChI is InChI=1S/C16H12F2N2O3/c1-22-14-8-11(4-7-13(14)23-16(17)18)15(21)20-12-5-2-10(9-19)3-6-12/h2-8,16H,1H3,(H,20,21). The minimum absolute atomic E-state index is 0.0257. The van der Waals surface area contributed by atoms with Crippen LogP contribution in [0.4, 0.5) is 14.5 Å². The van der Waals surface area contributed by atoms with Crippen LogP contribution in [-0.2, 0) is 0 Å². The van der Waals surface area contributed by atoms with Gasteiger partial charge in [0.05, 0.1) is 18.7 Å². The minimum atomic E-state index is -2.98. The van der Waals surface area contributed by atoms with Gasteiger partial charge in [0.25, 0.3) is 5.91 Å². The van der Waals surface area contributed by atoms with Gasteiger partial charge in [0.1, 0.15) is 0 Å². The number of carbonyl (C=O) groups is 1. The number of rotatable bonds is 5. The maximum absolute atomic E-state index is 12.3. The molecule has 0 aliphatic carbocycles. The zero-order valence-electron chi connectivity index (χ0n) is 12.0. The summed E-state index contributed by atoms with van der Waals surface area (Å²) in [5, 5.41) is 11.3. The molecule has 0 unspecified atom stereocenters. The maximum Gasteiger partial charge on any atom is 0.387 e. The SMILES string of the molecule is COc1cc(C(=O)Nc2ccc(C#N)cc2)ccc1OC(F)F. The quantitative estimate of drug-likeness (QED) is 0.917. The molecule has 1 amide bonds. The normalized spacial score (nSPS) is 10.0. The Labute approximate surface area is 131 Å². The smallest absolute Gasteiger partial charge is 0.387 e. The van der Waals surface area contributed by atoms with Crippen LogP contribution in [0.2, 0.25) is 0 Å². The molecule has 0 fully saturated rings. The van der Waals surface area contributed by atoms with Gasteiger partial charge in [-0.3, -0.25) is 4.79 Å². The first-order valence-electron chi connectivity index (χ1n) is 6.48. The van der Waals surface area contributed by atoms with Crippen molar-refractivity contribution >= 4 is 11.6 Å². The number of alkyl halides is 2. The van der Waals surface area contributed by atoms with Crippen molar-refractivity contribution in [3.63, 3.8) is 0 Å². The number of benzene rings is 2. The molecule has 118 valence electrons. The van der Waals surface area contributed by atoms with Gasteiger partial charge in [-0.2, -0.15) is 14.0 Å². The van der Waals surface area contributed by atoms with Crippen molar-refractivity contribution in [1.29, 1.82) is 5.26 Å². The molecule has 2 aromatic rings. The molecule has 5 nitrogen and oxygen atoms in total. The number of anilines is 1. The molecular formula is C16H12F2N2O3. The van der Waals surface area contributed by atoms with Gasteiger partial charge in [0.2, 0.25) is 0 Å². The van der Waals surface area contributed by atoms with Gasteiger partial charge in [-0.1, -0.05) is 0 Å². The molecule has 0 heterocycles. The number of methoxy groups -OCH3 is 1. The maximum atomic E-state index is 12.3. The highest BCUT2D eigenvalue weighted by atomic mass is 19.3. The molecule has 0 radical (unpaired) electrons. The third-order valence-electron chi connectivity index (χ3n) is 2.91. The molecule has 0 aliphatic heterocycles. The second-order valence-electron chi connectivity index (χ2n) is 4.39. The van der Waals surface area contributed by atoms with Gasteiger partial charge in [-0.05, 0) is 42.5 Å². The number of ether oxygens (including phenoxy) is 2. The van der Waals surface area contributed by atoms with Crippen LogP contribution < -0.4 is 14.8 Å². The largest absolute Gasteiger partial charge is 0.493 e. The van der Waals surface area contributed by atoms with E-state index in [0.717, 1.165) is 0 Å². The Morgan fingerprint density at radius 2 is 1.87 bits per heavy atom. The van der Waals surface area contributed by atoms with Gasteiger partial charge in [0.15, 0.2) is 11.5 Å². The number of nitrogens with one attached hydrogen (secondary N) is 1. The van der Waals surface area contributed by atoms with Crippen LogP contribution >= 0.6 is 0 Å². The summed E-state index contributed by atoms with van der Waals surface area (Å²) >= 11 is 0. The minimum Gasteiger partial charge on any atom is -0.493 e. The van der Waals surface area contributed by atoms with Gasteiger partial charge in [0, 0.05) is 11.3 Å². The molecule has 0 saturated heterocycles. The van der Waals surface area contributed by atoms with Crippen LogP contribution in [0.5, 0.6) is 11.5 Å². The lowest BCUT2D eigenvalue weighted by molar-refractivity contribution is -0.0512. The predicted molar refractivity (Wildman–Crippen MR) is 78.7 cm³/mol. The topological polar surface area (TPSA) is 71.3 Å². The fraction of sp³-hybridized carbons (Fsp3) is 0.125. The molecule has 7 heteroatoms. The summed E-state index contributed by atoms with van der Waals surface area (Å²) in [4.78, 5) is 12.1. The summed E-state index contributed by atoms with van der Waals surface area (Å²) in [6.45, 7) is -2.98. The average molecular weight is 318 g/mol. The van der Waals surface area contributed by atoms with E-state index in [2.05, 4.69) is 10.1 Å². The highest BCUT2D eigenvalue weighted by Gasteiger charge is 2.14. The lowest BCUT2D eigenvalue weighted by Gasteiger charge is -2.11. The van der Waals surface area contributed by atoms with Crippen LogP contribution in [-0.4, -0.2) is 19.6 Å². The van der Waals surface area contributed by atoms with Crippen LogP contribution in [0.1, 0.15) is 15.9 Å². The number of hydrogen-bond acceptors (Lipinski definition) is 4. The van der Waals surface area contributed by atoms with Crippen LogP contribution in [0.3, 0.4) is 0 Å². The summed E-state index contributed by atoms with van der Waals surface area (Å²) in [6.07, 6.45) is 0. The van der Waals surface area contributed by atoms with E-state index >= 15 is 0 Å². The van der Waals surface area contributed by atoms with E-state index in [4.69, 9.17) is 10.00 Å². The first kappa shape index (κ1) is 16.2. The van der Waals surface area contributed by atoms with Crippen molar-refractivity contribution in [2.24, 2.45) is 0 Å². The molecule has 23 heavy (non-hydrogen) atoms. The number of amides is 1. The molecule has 0 spiro atoms.